The Hall–Kier alpha value is -1.61. The minimum absolute atomic E-state index is 0.839. The fourth-order valence-electron chi connectivity index (χ4n) is 2.13. The van der Waals surface area contributed by atoms with Crippen LogP contribution in [0.1, 0.15) is 35.9 Å². The molecule has 0 amide bonds. The van der Waals surface area contributed by atoms with Gasteiger partial charge in [0.1, 0.15) is 5.82 Å². The number of hydrogen-bond donors (Lipinski definition) is 1. The van der Waals surface area contributed by atoms with Crippen LogP contribution in [0.4, 0.5) is 0 Å². The third-order valence-electron chi connectivity index (χ3n) is 3.44. The van der Waals surface area contributed by atoms with Crippen LogP contribution in [0.15, 0.2) is 30.6 Å². The summed E-state index contributed by atoms with van der Waals surface area (Å²) >= 11 is 0. The Bertz CT molecular complexity index is 529. The smallest absolute Gasteiger partial charge is 0.122 e. The van der Waals surface area contributed by atoms with Gasteiger partial charge in [-0.05, 0) is 43.5 Å². The van der Waals surface area contributed by atoms with Gasteiger partial charge in [-0.1, -0.05) is 25.1 Å². The van der Waals surface area contributed by atoms with Gasteiger partial charge < -0.3 is 9.88 Å². The molecule has 0 fully saturated rings. The molecule has 0 radical (unpaired) electrons. The lowest BCUT2D eigenvalue weighted by Gasteiger charge is -2.10. The second-order valence-corrected chi connectivity index (χ2v) is 5.07. The van der Waals surface area contributed by atoms with Gasteiger partial charge in [0, 0.05) is 18.9 Å². The summed E-state index contributed by atoms with van der Waals surface area (Å²) in [6, 6.07) is 6.65. The Morgan fingerprint density at radius 2 is 2.05 bits per heavy atom. The number of aryl methyl sites for hydroxylation is 2. The van der Waals surface area contributed by atoms with Crippen molar-refractivity contribution in [3.05, 3.63) is 53.1 Å². The molecule has 0 saturated carbocycles. The predicted molar refractivity (Wildman–Crippen MR) is 79.2 cm³/mol. The minimum Gasteiger partial charge on any atom is -0.329 e. The van der Waals surface area contributed by atoms with Crippen molar-refractivity contribution >= 4 is 0 Å². The molecule has 3 heteroatoms. The third kappa shape index (κ3) is 3.67. The Morgan fingerprint density at radius 1 is 1.21 bits per heavy atom. The van der Waals surface area contributed by atoms with Gasteiger partial charge in [0.05, 0.1) is 6.54 Å². The van der Waals surface area contributed by atoms with E-state index in [-0.39, 0.29) is 0 Å². The van der Waals surface area contributed by atoms with E-state index in [0.29, 0.717) is 0 Å². The fourth-order valence-corrected chi connectivity index (χ4v) is 2.13. The van der Waals surface area contributed by atoms with E-state index >= 15 is 0 Å². The summed E-state index contributed by atoms with van der Waals surface area (Å²) in [5, 5.41) is 3.40. The SMILES string of the molecule is CCCNCc1nccn1Cc1ccc(C)c(C)c1. The van der Waals surface area contributed by atoms with Crippen LogP contribution in [0.5, 0.6) is 0 Å². The normalized spacial score (nSPS) is 10.9. The maximum atomic E-state index is 4.42. The Labute approximate surface area is 115 Å². The van der Waals surface area contributed by atoms with E-state index in [9.17, 15) is 0 Å². The van der Waals surface area contributed by atoms with Crippen LogP contribution in [0.25, 0.3) is 0 Å². The molecule has 0 spiro atoms. The number of aromatic nitrogens is 2. The molecule has 19 heavy (non-hydrogen) atoms. The summed E-state index contributed by atoms with van der Waals surface area (Å²) in [5.41, 5.74) is 4.03. The molecule has 0 unspecified atom stereocenters. The van der Waals surface area contributed by atoms with Crippen LogP contribution < -0.4 is 5.32 Å². The molecule has 0 aliphatic heterocycles. The van der Waals surface area contributed by atoms with Crippen molar-refractivity contribution in [3.63, 3.8) is 0 Å². The predicted octanol–water partition coefficient (Wildman–Crippen LogP) is 3.05. The first-order valence-corrected chi connectivity index (χ1v) is 6.97. The molecule has 3 nitrogen and oxygen atoms in total. The van der Waals surface area contributed by atoms with Crippen LogP contribution in [0.3, 0.4) is 0 Å². The number of benzene rings is 1. The first-order valence-electron chi connectivity index (χ1n) is 6.97. The van der Waals surface area contributed by atoms with Gasteiger partial charge >= 0.3 is 0 Å². The average Bonchev–Trinajstić information content (AvgIpc) is 2.82. The number of imidazole rings is 1. The van der Waals surface area contributed by atoms with E-state index in [1.165, 1.54) is 16.7 Å². The molecule has 0 aliphatic rings. The first-order chi connectivity index (χ1) is 9.20. The van der Waals surface area contributed by atoms with Crippen molar-refractivity contribution < 1.29 is 0 Å². The summed E-state index contributed by atoms with van der Waals surface area (Å²) in [7, 11) is 0. The Balaban J connectivity index is 2.06. The second-order valence-electron chi connectivity index (χ2n) is 5.07. The molecule has 0 bridgehead atoms. The van der Waals surface area contributed by atoms with Gasteiger partial charge in [-0.2, -0.15) is 0 Å². The van der Waals surface area contributed by atoms with Gasteiger partial charge in [0.25, 0.3) is 0 Å². The topological polar surface area (TPSA) is 29.9 Å². The van der Waals surface area contributed by atoms with Gasteiger partial charge in [0.15, 0.2) is 0 Å². The molecule has 0 aliphatic carbocycles. The van der Waals surface area contributed by atoms with Crippen LogP contribution in [-0.4, -0.2) is 16.1 Å². The maximum absolute atomic E-state index is 4.42. The third-order valence-corrected chi connectivity index (χ3v) is 3.44. The van der Waals surface area contributed by atoms with Crippen molar-refractivity contribution in [3.8, 4) is 0 Å². The van der Waals surface area contributed by atoms with Crippen LogP contribution in [0.2, 0.25) is 0 Å². The van der Waals surface area contributed by atoms with E-state index in [4.69, 9.17) is 0 Å². The molecular formula is C16H23N3. The molecular weight excluding hydrogens is 234 g/mol. The molecule has 1 aromatic heterocycles. The van der Waals surface area contributed by atoms with Crippen molar-refractivity contribution in [2.24, 2.45) is 0 Å². The summed E-state index contributed by atoms with van der Waals surface area (Å²) in [6.07, 6.45) is 5.08. The van der Waals surface area contributed by atoms with Gasteiger partial charge in [-0.25, -0.2) is 4.98 Å². The van der Waals surface area contributed by atoms with Crippen LogP contribution in [0, 0.1) is 13.8 Å². The molecule has 2 rings (SSSR count). The van der Waals surface area contributed by atoms with Gasteiger partial charge in [-0.3, -0.25) is 0 Å². The zero-order valence-electron chi connectivity index (χ0n) is 12.1. The van der Waals surface area contributed by atoms with E-state index < -0.39 is 0 Å². The quantitative estimate of drug-likeness (QED) is 0.806. The lowest BCUT2D eigenvalue weighted by atomic mass is 10.1. The summed E-state index contributed by atoms with van der Waals surface area (Å²) in [4.78, 5) is 4.42. The monoisotopic (exact) mass is 257 g/mol. The Kier molecular flexibility index (Phi) is 4.74. The minimum atomic E-state index is 0.839. The molecule has 1 aromatic carbocycles. The fraction of sp³-hybridized carbons (Fsp3) is 0.438. The van der Waals surface area contributed by atoms with Crippen molar-refractivity contribution in [1.29, 1.82) is 0 Å². The summed E-state index contributed by atoms with van der Waals surface area (Å²) in [6.45, 7) is 9.26. The Morgan fingerprint density at radius 3 is 2.79 bits per heavy atom. The molecule has 0 saturated heterocycles. The van der Waals surface area contributed by atoms with E-state index in [1.54, 1.807) is 0 Å². The van der Waals surface area contributed by atoms with E-state index in [2.05, 4.69) is 60.0 Å². The lowest BCUT2D eigenvalue weighted by molar-refractivity contribution is 0.615. The molecule has 0 atom stereocenters. The highest BCUT2D eigenvalue weighted by atomic mass is 15.1. The van der Waals surface area contributed by atoms with Gasteiger partial charge in [-0.15, -0.1) is 0 Å². The summed E-state index contributed by atoms with van der Waals surface area (Å²) < 4.78 is 2.22. The number of hydrogen-bond acceptors (Lipinski definition) is 2. The highest BCUT2D eigenvalue weighted by molar-refractivity contribution is 5.30. The second kappa shape index (κ2) is 6.53. The van der Waals surface area contributed by atoms with Crippen molar-refractivity contribution in [2.45, 2.75) is 40.3 Å². The van der Waals surface area contributed by atoms with Gasteiger partial charge in [0.2, 0.25) is 0 Å². The van der Waals surface area contributed by atoms with Crippen molar-refractivity contribution in [2.75, 3.05) is 6.54 Å². The first kappa shape index (κ1) is 13.8. The van der Waals surface area contributed by atoms with Crippen LogP contribution >= 0.6 is 0 Å². The highest BCUT2D eigenvalue weighted by Gasteiger charge is 2.04. The highest BCUT2D eigenvalue weighted by Crippen LogP contribution is 2.12. The molecule has 1 heterocycles. The standard InChI is InChI=1S/C16H23N3/c1-4-7-17-11-16-18-8-9-19(16)12-15-6-5-13(2)14(3)10-15/h5-6,8-10,17H,4,7,11-12H2,1-3H3. The number of nitrogens with zero attached hydrogens (tertiary/aromatic N) is 2. The molecule has 102 valence electrons. The van der Waals surface area contributed by atoms with E-state index in [0.717, 1.165) is 31.9 Å². The summed E-state index contributed by atoms with van der Waals surface area (Å²) in [5.74, 6) is 1.10. The van der Waals surface area contributed by atoms with E-state index in [1.807, 2.05) is 6.20 Å². The molecule has 2 aromatic rings. The lowest BCUT2D eigenvalue weighted by Crippen LogP contribution is -2.17. The van der Waals surface area contributed by atoms with Crippen molar-refractivity contribution in [1.82, 2.24) is 14.9 Å². The zero-order valence-corrected chi connectivity index (χ0v) is 12.1. The largest absolute Gasteiger partial charge is 0.329 e. The molecule has 1 N–H and O–H groups in total. The number of nitrogens with one attached hydrogen (secondary N) is 1. The zero-order chi connectivity index (χ0) is 13.7. The number of rotatable bonds is 6. The maximum Gasteiger partial charge on any atom is 0.122 e. The van der Waals surface area contributed by atoms with Crippen LogP contribution in [-0.2, 0) is 13.1 Å². The average molecular weight is 257 g/mol.